The van der Waals surface area contributed by atoms with Gasteiger partial charge in [-0.05, 0) is 41.3 Å². The van der Waals surface area contributed by atoms with Gasteiger partial charge in [-0.15, -0.1) is 0 Å². The molecule has 0 aromatic heterocycles. The molecule has 0 radical (unpaired) electrons. The van der Waals surface area contributed by atoms with Crippen molar-refractivity contribution in [2.75, 3.05) is 6.54 Å². The second-order valence-electron chi connectivity index (χ2n) is 5.79. The average Bonchev–Trinajstić information content (AvgIpc) is 2.63. The van der Waals surface area contributed by atoms with E-state index < -0.39 is 0 Å². The van der Waals surface area contributed by atoms with Crippen molar-refractivity contribution in [2.24, 2.45) is 0 Å². The number of para-hydroxylation sites is 1. The van der Waals surface area contributed by atoms with Crippen molar-refractivity contribution in [1.82, 2.24) is 5.32 Å². The maximum absolute atomic E-state index is 6.16. The molecule has 2 nitrogen and oxygen atoms in total. The molecule has 0 spiro atoms. The fraction of sp³-hybridized carbons (Fsp3) is 0.143. The van der Waals surface area contributed by atoms with Crippen LogP contribution >= 0.6 is 0 Å². The second kappa shape index (κ2) is 6.27. The highest BCUT2D eigenvalue weighted by atomic mass is 16.5. The van der Waals surface area contributed by atoms with Crippen LogP contribution in [0.1, 0.15) is 17.4 Å². The number of benzene rings is 3. The van der Waals surface area contributed by atoms with Crippen LogP contribution in [0.3, 0.4) is 0 Å². The third-order valence-corrected chi connectivity index (χ3v) is 4.26. The van der Waals surface area contributed by atoms with E-state index in [9.17, 15) is 0 Å². The molecule has 1 atom stereocenters. The first kappa shape index (κ1) is 14.0. The van der Waals surface area contributed by atoms with E-state index in [1.165, 1.54) is 22.3 Å². The first-order valence-corrected chi connectivity index (χ1v) is 8.03. The lowest BCUT2D eigenvalue weighted by Crippen LogP contribution is -2.33. The summed E-state index contributed by atoms with van der Waals surface area (Å²) in [6.07, 6.45) is 0.948. The summed E-state index contributed by atoms with van der Waals surface area (Å²) in [4.78, 5) is 0. The zero-order valence-electron chi connectivity index (χ0n) is 12.9. The van der Waals surface area contributed by atoms with E-state index in [0.29, 0.717) is 0 Å². The van der Waals surface area contributed by atoms with E-state index in [2.05, 4.69) is 47.8 Å². The van der Waals surface area contributed by atoms with E-state index in [4.69, 9.17) is 4.74 Å². The van der Waals surface area contributed by atoms with E-state index in [0.717, 1.165) is 18.7 Å². The van der Waals surface area contributed by atoms with Gasteiger partial charge in [-0.1, -0.05) is 60.7 Å². The molecule has 0 saturated carbocycles. The summed E-state index contributed by atoms with van der Waals surface area (Å²) in [5.41, 5.74) is 5.07. The van der Waals surface area contributed by atoms with Crippen LogP contribution in [0.15, 0.2) is 78.9 Å². The number of fused-ring (bicyclic) bond motifs is 1. The number of nitrogens with one attached hydrogen (secondary N) is 1. The lowest BCUT2D eigenvalue weighted by atomic mass is 9.94. The maximum atomic E-state index is 6.16. The van der Waals surface area contributed by atoms with Crippen LogP contribution in [0.5, 0.6) is 5.75 Å². The Balaban J connectivity index is 1.69. The minimum atomic E-state index is -0.0928. The van der Waals surface area contributed by atoms with E-state index in [1.54, 1.807) is 0 Å². The molecule has 0 amide bonds. The van der Waals surface area contributed by atoms with Gasteiger partial charge in [0.15, 0.2) is 6.23 Å². The maximum Gasteiger partial charge on any atom is 0.176 e. The third kappa shape index (κ3) is 2.99. The van der Waals surface area contributed by atoms with Gasteiger partial charge in [0, 0.05) is 12.1 Å². The molecule has 0 fully saturated rings. The minimum Gasteiger partial charge on any atom is -0.471 e. The number of hydrogen-bond acceptors (Lipinski definition) is 2. The molecule has 1 heterocycles. The Labute approximate surface area is 136 Å². The van der Waals surface area contributed by atoms with Crippen molar-refractivity contribution in [3.63, 3.8) is 0 Å². The molecule has 4 rings (SSSR count). The Hall–Kier alpha value is -2.58. The number of ether oxygens (including phenoxy) is 1. The molecule has 0 aliphatic carbocycles. The Morgan fingerprint density at radius 2 is 1.52 bits per heavy atom. The first-order valence-electron chi connectivity index (χ1n) is 8.03. The summed E-state index contributed by atoms with van der Waals surface area (Å²) < 4.78 is 6.16. The largest absolute Gasteiger partial charge is 0.471 e. The highest BCUT2D eigenvalue weighted by Crippen LogP contribution is 2.30. The molecule has 1 N–H and O–H groups in total. The molecule has 23 heavy (non-hydrogen) atoms. The quantitative estimate of drug-likeness (QED) is 0.764. The van der Waals surface area contributed by atoms with Gasteiger partial charge in [0.05, 0.1) is 0 Å². The summed E-state index contributed by atoms with van der Waals surface area (Å²) in [7, 11) is 0. The molecular formula is C21H19NO. The second-order valence-corrected chi connectivity index (χ2v) is 5.79. The Morgan fingerprint density at radius 3 is 2.30 bits per heavy atom. The van der Waals surface area contributed by atoms with Gasteiger partial charge in [0.2, 0.25) is 0 Å². The van der Waals surface area contributed by atoms with Gasteiger partial charge < -0.3 is 4.74 Å². The van der Waals surface area contributed by atoms with Crippen molar-refractivity contribution in [2.45, 2.75) is 12.6 Å². The zero-order chi connectivity index (χ0) is 15.5. The van der Waals surface area contributed by atoms with Crippen LogP contribution in [0.25, 0.3) is 11.1 Å². The topological polar surface area (TPSA) is 21.3 Å². The summed E-state index contributed by atoms with van der Waals surface area (Å²) in [6.45, 7) is 0.940. The Morgan fingerprint density at radius 1 is 0.783 bits per heavy atom. The number of hydrogen-bond donors (Lipinski definition) is 1. The van der Waals surface area contributed by atoms with Gasteiger partial charge in [-0.2, -0.15) is 0 Å². The van der Waals surface area contributed by atoms with Crippen LogP contribution in [0.4, 0.5) is 0 Å². The molecule has 1 aliphatic heterocycles. The normalized spacial score (nSPS) is 16.6. The predicted octanol–water partition coefficient (Wildman–Crippen LogP) is 4.58. The molecule has 3 aromatic rings. The van der Waals surface area contributed by atoms with Gasteiger partial charge in [-0.3, -0.25) is 5.32 Å². The van der Waals surface area contributed by atoms with E-state index >= 15 is 0 Å². The summed E-state index contributed by atoms with van der Waals surface area (Å²) in [6, 6.07) is 27.2. The standard InChI is InChI=1S/C21H19NO/c1-3-7-16(8-4-1)18-12-11-17-13-14-22-21(20(17)15-18)23-19-9-5-2-6-10-19/h1-12,15,21-22H,13-14H2. The van der Waals surface area contributed by atoms with Crippen molar-refractivity contribution in [3.8, 4) is 16.9 Å². The van der Waals surface area contributed by atoms with E-state index in [1.807, 2.05) is 36.4 Å². The van der Waals surface area contributed by atoms with Crippen LogP contribution in [0, 0.1) is 0 Å². The summed E-state index contributed by atoms with van der Waals surface area (Å²) >= 11 is 0. The molecule has 0 bridgehead atoms. The van der Waals surface area contributed by atoms with Crippen LogP contribution in [-0.2, 0) is 6.42 Å². The van der Waals surface area contributed by atoms with Gasteiger partial charge >= 0.3 is 0 Å². The van der Waals surface area contributed by atoms with Gasteiger partial charge in [-0.25, -0.2) is 0 Å². The Kier molecular flexibility index (Phi) is 3.83. The minimum absolute atomic E-state index is 0.0928. The van der Waals surface area contributed by atoms with Crippen molar-refractivity contribution >= 4 is 0 Å². The Bertz CT molecular complexity index is 783. The fourth-order valence-electron chi connectivity index (χ4n) is 3.07. The molecule has 114 valence electrons. The van der Waals surface area contributed by atoms with E-state index in [-0.39, 0.29) is 6.23 Å². The number of rotatable bonds is 3. The molecule has 1 unspecified atom stereocenters. The highest BCUT2D eigenvalue weighted by molar-refractivity contribution is 5.65. The van der Waals surface area contributed by atoms with Crippen molar-refractivity contribution in [3.05, 3.63) is 90.0 Å². The summed E-state index contributed by atoms with van der Waals surface area (Å²) in [5.74, 6) is 0.892. The zero-order valence-corrected chi connectivity index (χ0v) is 12.9. The monoisotopic (exact) mass is 301 g/mol. The predicted molar refractivity (Wildman–Crippen MR) is 93.4 cm³/mol. The third-order valence-electron chi connectivity index (χ3n) is 4.26. The molecule has 3 aromatic carbocycles. The van der Waals surface area contributed by atoms with Crippen LogP contribution in [-0.4, -0.2) is 6.54 Å². The SMILES string of the molecule is c1ccc(OC2NCCc3ccc(-c4ccccc4)cc32)cc1. The van der Waals surface area contributed by atoms with Gasteiger partial charge in [0.25, 0.3) is 0 Å². The molecule has 2 heteroatoms. The smallest absolute Gasteiger partial charge is 0.176 e. The molecule has 0 saturated heterocycles. The molecular weight excluding hydrogens is 282 g/mol. The lowest BCUT2D eigenvalue weighted by molar-refractivity contribution is 0.159. The van der Waals surface area contributed by atoms with Crippen LogP contribution < -0.4 is 10.1 Å². The fourth-order valence-corrected chi connectivity index (χ4v) is 3.07. The van der Waals surface area contributed by atoms with Crippen molar-refractivity contribution < 1.29 is 4.74 Å². The summed E-state index contributed by atoms with van der Waals surface area (Å²) in [5, 5.41) is 3.48. The lowest BCUT2D eigenvalue weighted by Gasteiger charge is -2.28. The van der Waals surface area contributed by atoms with Crippen molar-refractivity contribution in [1.29, 1.82) is 0 Å². The average molecular weight is 301 g/mol. The molecule has 1 aliphatic rings. The first-order chi connectivity index (χ1) is 11.4. The highest BCUT2D eigenvalue weighted by Gasteiger charge is 2.21. The van der Waals surface area contributed by atoms with Crippen LogP contribution in [0.2, 0.25) is 0 Å². The van der Waals surface area contributed by atoms with Gasteiger partial charge in [0.1, 0.15) is 5.75 Å².